The van der Waals surface area contributed by atoms with Crippen molar-refractivity contribution in [3.8, 4) is 22.8 Å². The zero-order chi connectivity index (χ0) is 19.4. The molecule has 6 nitrogen and oxygen atoms in total. The molecule has 0 aliphatic heterocycles. The van der Waals surface area contributed by atoms with Gasteiger partial charge in [0.25, 0.3) is 11.5 Å². The molecule has 3 aromatic rings. The van der Waals surface area contributed by atoms with E-state index in [1.54, 1.807) is 48.5 Å². The summed E-state index contributed by atoms with van der Waals surface area (Å²) < 4.78 is 10.4. The summed E-state index contributed by atoms with van der Waals surface area (Å²) in [4.78, 5) is 27.7. The first kappa shape index (κ1) is 18.5. The molecule has 1 aromatic heterocycles. The van der Waals surface area contributed by atoms with Crippen LogP contribution in [0.4, 0.5) is 5.69 Å². The number of methoxy groups -OCH3 is 2. The number of carbonyl (C=O) groups excluding carboxylic acids is 1. The molecule has 27 heavy (non-hydrogen) atoms. The van der Waals surface area contributed by atoms with Crippen molar-refractivity contribution in [3.63, 3.8) is 0 Å². The standard InChI is InChI=1S/C20H17ClN2O4/c1-26-14-7-10-18(27-2)17(11-14)23-20(25)15-8-9-16(22-19(15)24)12-3-5-13(21)6-4-12/h3-11H,1-2H3,(H,22,24)(H,23,25). The highest BCUT2D eigenvalue weighted by atomic mass is 35.5. The van der Waals surface area contributed by atoms with Crippen LogP contribution >= 0.6 is 11.6 Å². The Morgan fingerprint density at radius 3 is 2.37 bits per heavy atom. The Kier molecular flexibility index (Phi) is 5.47. The molecule has 3 rings (SSSR count). The maximum atomic E-state index is 12.6. The van der Waals surface area contributed by atoms with Crippen molar-refractivity contribution in [2.45, 2.75) is 0 Å². The van der Waals surface area contributed by atoms with Crippen molar-refractivity contribution < 1.29 is 14.3 Å². The molecule has 1 heterocycles. The van der Waals surface area contributed by atoms with Crippen LogP contribution in [0.1, 0.15) is 10.4 Å². The molecular formula is C20H17ClN2O4. The van der Waals surface area contributed by atoms with Crippen molar-refractivity contribution in [2.24, 2.45) is 0 Å². The highest BCUT2D eigenvalue weighted by Gasteiger charge is 2.15. The maximum Gasteiger partial charge on any atom is 0.261 e. The smallest absolute Gasteiger partial charge is 0.261 e. The fourth-order valence-electron chi connectivity index (χ4n) is 2.55. The Morgan fingerprint density at radius 1 is 1.00 bits per heavy atom. The number of nitrogens with one attached hydrogen (secondary N) is 2. The summed E-state index contributed by atoms with van der Waals surface area (Å²) in [6.45, 7) is 0. The van der Waals surface area contributed by atoms with Gasteiger partial charge in [0, 0.05) is 16.8 Å². The SMILES string of the molecule is COc1ccc(OC)c(NC(=O)c2ccc(-c3ccc(Cl)cc3)[nH]c2=O)c1. The molecule has 0 radical (unpaired) electrons. The number of anilines is 1. The van der Waals surface area contributed by atoms with Crippen molar-refractivity contribution in [1.29, 1.82) is 0 Å². The third-order valence-corrected chi connectivity index (χ3v) is 4.22. The Hall–Kier alpha value is -3.25. The van der Waals surface area contributed by atoms with E-state index in [1.165, 1.54) is 20.3 Å². The Bertz CT molecular complexity index is 1030. The number of hydrogen-bond donors (Lipinski definition) is 2. The molecule has 138 valence electrons. The Morgan fingerprint density at radius 2 is 1.74 bits per heavy atom. The van der Waals surface area contributed by atoms with Crippen LogP contribution < -0.4 is 20.3 Å². The van der Waals surface area contributed by atoms with Gasteiger partial charge in [-0.3, -0.25) is 9.59 Å². The van der Waals surface area contributed by atoms with E-state index in [-0.39, 0.29) is 5.56 Å². The van der Waals surface area contributed by atoms with Gasteiger partial charge in [0.1, 0.15) is 17.1 Å². The number of amides is 1. The van der Waals surface area contributed by atoms with E-state index in [1.807, 2.05) is 0 Å². The number of H-pyrrole nitrogens is 1. The number of benzene rings is 2. The summed E-state index contributed by atoms with van der Waals surface area (Å²) in [5.41, 5.74) is 1.27. The Balaban J connectivity index is 1.88. The molecular weight excluding hydrogens is 368 g/mol. The molecule has 0 saturated heterocycles. The molecule has 0 atom stereocenters. The zero-order valence-corrected chi connectivity index (χ0v) is 15.5. The van der Waals surface area contributed by atoms with Gasteiger partial charge in [-0.25, -0.2) is 0 Å². The predicted octanol–water partition coefficient (Wildman–Crippen LogP) is 3.96. The van der Waals surface area contributed by atoms with Crippen LogP contribution in [0.25, 0.3) is 11.3 Å². The van der Waals surface area contributed by atoms with Gasteiger partial charge in [0.2, 0.25) is 0 Å². The van der Waals surface area contributed by atoms with Gasteiger partial charge < -0.3 is 19.8 Å². The van der Waals surface area contributed by atoms with Gasteiger partial charge in [-0.2, -0.15) is 0 Å². The monoisotopic (exact) mass is 384 g/mol. The quantitative estimate of drug-likeness (QED) is 0.697. The van der Waals surface area contributed by atoms with Crippen LogP contribution in [-0.2, 0) is 0 Å². The first-order chi connectivity index (χ1) is 13.0. The summed E-state index contributed by atoms with van der Waals surface area (Å²) in [6, 6.07) is 15.2. The topological polar surface area (TPSA) is 80.4 Å². The summed E-state index contributed by atoms with van der Waals surface area (Å²) in [5.74, 6) is 0.460. The number of carbonyl (C=O) groups is 1. The summed E-state index contributed by atoms with van der Waals surface area (Å²) in [5, 5.41) is 3.28. The molecule has 2 N–H and O–H groups in total. The molecule has 0 unspecified atom stereocenters. The largest absolute Gasteiger partial charge is 0.497 e. The van der Waals surface area contributed by atoms with E-state index in [4.69, 9.17) is 21.1 Å². The average molecular weight is 385 g/mol. The third-order valence-electron chi connectivity index (χ3n) is 3.96. The van der Waals surface area contributed by atoms with E-state index >= 15 is 0 Å². The van der Waals surface area contributed by atoms with Crippen molar-refractivity contribution in [3.05, 3.63) is 75.5 Å². The lowest BCUT2D eigenvalue weighted by atomic mass is 10.1. The van der Waals surface area contributed by atoms with E-state index in [2.05, 4.69) is 10.3 Å². The van der Waals surface area contributed by atoms with E-state index in [0.29, 0.717) is 27.9 Å². The van der Waals surface area contributed by atoms with Crippen LogP contribution in [0.3, 0.4) is 0 Å². The number of aromatic nitrogens is 1. The van der Waals surface area contributed by atoms with Crippen LogP contribution in [-0.4, -0.2) is 25.1 Å². The maximum absolute atomic E-state index is 12.6. The second-order valence-electron chi connectivity index (χ2n) is 5.64. The molecule has 0 aliphatic rings. The molecule has 0 spiro atoms. The summed E-state index contributed by atoms with van der Waals surface area (Å²) >= 11 is 5.88. The first-order valence-corrected chi connectivity index (χ1v) is 8.42. The van der Waals surface area contributed by atoms with Gasteiger partial charge in [0.15, 0.2) is 0 Å². The molecule has 0 bridgehead atoms. The number of halogens is 1. The second-order valence-corrected chi connectivity index (χ2v) is 6.08. The van der Waals surface area contributed by atoms with Crippen molar-refractivity contribution >= 4 is 23.2 Å². The number of aromatic amines is 1. The van der Waals surface area contributed by atoms with Crippen LogP contribution in [0.2, 0.25) is 5.02 Å². The van der Waals surface area contributed by atoms with Gasteiger partial charge in [-0.05, 0) is 42.0 Å². The fraction of sp³-hybridized carbons (Fsp3) is 0.100. The minimum Gasteiger partial charge on any atom is -0.497 e. The van der Waals surface area contributed by atoms with Gasteiger partial charge >= 0.3 is 0 Å². The Labute approximate surface area is 160 Å². The van der Waals surface area contributed by atoms with Crippen molar-refractivity contribution in [2.75, 3.05) is 19.5 Å². The van der Waals surface area contributed by atoms with Crippen molar-refractivity contribution in [1.82, 2.24) is 4.98 Å². The van der Waals surface area contributed by atoms with E-state index < -0.39 is 11.5 Å². The number of hydrogen-bond acceptors (Lipinski definition) is 4. The zero-order valence-electron chi connectivity index (χ0n) is 14.7. The highest BCUT2D eigenvalue weighted by Crippen LogP contribution is 2.29. The summed E-state index contributed by atoms with van der Waals surface area (Å²) in [7, 11) is 3.01. The fourth-order valence-corrected chi connectivity index (χ4v) is 2.68. The molecule has 0 saturated carbocycles. The highest BCUT2D eigenvalue weighted by molar-refractivity contribution is 6.30. The predicted molar refractivity (Wildman–Crippen MR) is 105 cm³/mol. The average Bonchev–Trinajstić information content (AvgIpc) is 2.68. The van der Waals surface area contributed by atoms with Gasteiger partial charge in [-0.1, -0.05) is 23.7 Å². The lowest BCUT2D eigenvalue weighted by Gasteiger charge is -2.11. The van der Waals surface area contributed by atoms with Crippen LogP contribution in [0.5, 0.6) is 11.5 Å². The summed E-state index contributed by atoms with van der Waals surface area (Å²) in [6.07, 6.45) is 0. The first-order valence-electron chi connectivity index (χ1n) is 8.04. The van der Waals surface area contributed by atoms with Crippen LogP contribution in [0, 0.1) is 0 Å². The van der Waals surface area contributed by atoms with Gasteiger partial charge in [0.05, 0.1) is 19.9 Å². The molecule has 2 aromatic carbocycles. The normalized spacial score (nSPS) is 10.3. The number of pyridine rings is 1. The van der Waals surface area contributed by atoms with Crippen LogP contribution in [0.15, 0.2) is 59.4 Å². The molecule has 1 amide bonds. The van der Waals surface area contributed by atoms with Gasteiger partial charge in [-0.15, -0.1) is 0 Å². The minimum atomic E-state index is -0.551. The minimum absolute atomic E-state index is 0.0161. The molecule has 0 aliphatic carbocycles. The number of ether oxygens (including phenoxy) is 2. The van der Waals surface area contributed by atoms with E-state index in [0.717, 1.165) is 5.56 Å². The lowest BCUT2D eigenvalue weighted by molar-refractivity contribution is 0.102. The molecule has 0 fully saturated rings. The second kappa shape index (κ2) is 7.97. The third kappa shape index (κ3) is 4.12. The number of rotatable bonds is 5. The van der Waals surface area contributed by atoms with E-state index in [9.17, 15) is 9.59 Å². The molecule has 7 heteroatoms. The lowest BCUT2D eigenvalue weighted by Crippen LogP contribution is -2.23.